The highest BCUT2D eigenvalue weighted by molar-refractivity contribution is 7.08. The van der Waals surface area contributed by atoms with Gasteiger partial charge in [-0.15, -0.1) is 0 Å². The first-order valence-corrected chi connectivity index (χ1v) is 4.22. The fourth-order valence-corrected chi connectivity index (χ4v) is 1.38. The van der Waals surface area contributed by atoms with Crippen molar-refractivity contribution in [3.05, 3.63) is 22.4 Å². The molecule has 10 heavy (non-hydrogen) atoms. The third-order valence-corrected chi connectivity index (χ3v) is 2.01. The van der Waals surface area contributed by atoms with Gasteiger partial charge >= 0.3 is 0 Å². The van der Waals surface area contributed by atoms with Crippen molar-refractivity contribution in [1.82, 2.24) is 0 Å². The van der Waals surface area contributed by atoms with Crippen molar-refractivity contribution in [3.8, 4) is 0 Å². The normalized spacial score (nSPS) is 10.3. The first-order chi connectivity index (χ1) is 4.72. The number of carbonyl (C=O) groups excluding carboxylic acids is 1. The van der Waals surface area contributed by atoms with Crippen LogP contribution in [0.4, 0.5) is 0 Å². The lowest BCUT2D eigenvalue weighted by Gasteiger charge is -1.98. The third-order valence-electron chi connectivity index (χ3n) is 1.33. The zero-order valence-electron chi connectivity index (χ0n) is 6.13. The van der Waals surface area contributed by atoms with Crippen molar-refractivity contribution >= 4 is 17.1 Å². The molecule has 0 unspecified atom stereocenters. The molecule has 0 aromatic carbocycles. The molecule has 0 spiro atoms. The van der Waals surface area contributed by atoms with Gasteiger partial charge in [-0.3, -0.25) is 4.79 Å². The van der Waals surface area contributed by atoms with Crippen LogP contribution in [0, 0.1) is 5.92 Å². The molecule has 0 amide bonds. The van der Waals surface area contributed by atoms with Gasteiger partial charge in [-0.05, 0) is 11.4 Å². The Bertz CT molecular complexity index is 211. The summed E-state index contributed by atoms with van der Waals surface area (Å²) in [7, 11) is 0. The molecule has 0 aliphatic carbocycles. The molecular weight excluding hydrogens is 144 g/mol. The Morgan fingerprint density at radius 3 is 2.70 bits per heavy atom. The van der Waals surface area contributed by atoms with Gasteiger partial charge in [-0.1, -0.05) is 13.8 Å². The molecule has 0 aliphatic heterocycles. The summed E-state index contributed by atoms with van der Waals surface area (Å²) in [5.41, 5.74) is 0.847. The van der Waals surface area contributed by atoms with E-state index in [9.17, 15) is 4.79 Å². The van der Waals surface area contributed by atoms with E-state index in [2.05, 4.69) is 0 Å². The van der Waals surface area contributed by atoms with Crippen LogP contribution in [0.2, 0.25) is 0 Å². The second-order valence-corrected chi connectivity index (χ2v) is 3.31. The zero-order valence-corrected chi connectivity index (χ0v) is 6.94. The van der Waals surface area contributed by atoms with Crippen LogP contribution >= 0.6 is 11.3 Å². The molecule has 1 nitrogen and oxygen atoms in total. The molecule has 1 rings (SSSR count). The van der Waals surface area contributed by atoms with Gasteiger partial charge in [0.2, 0.25) is 0 Å². The van der Waals surface area contributed by atoms with Crippen LogP contribution in [0.5, 0.6) is 0 Å². The topological polar surface area (TPSA) is 17.1 Å². The predicted molar refractivity (Wildman–Crippen MR) is 43.5 cm³/mol. The predicted octanol–water partition coefficient (Wildman–Crippen LogP) is 2.59. The van der Waals surface area contributed by atoms with Crippen LogP contribution in [0.15, 0.2) is 16.8 Å². The SMILES string of the molecule is CC(C)C(=O)c1ccsc1. The van der Waals surface area contributed by atoms with Crippen LogP contribution < -0.4 is 0 Å². The van der Waals surface area contributed by atoms with E-state index in [4.69, 9.17) is 0 Å². The van der Waals surface area contributed by atoms with Crippen molar-refractivity contribution in [3.63, 3.8) is 0 Å². The smallest absolute Gasteiger partial charge is 0.166 e. The average Bonchev–Trinajstić information content (AvgIpc) is 2.36. The minimum absolute atomic E-state index is 0.120. The Kier molecular flexibility index (Phi) is 2.22. The molecule has 0 N–H and O–H groups in total. The molecule has 0 radical (unpaired) electrons. The molecule has 0 aliphatic rings. The maximum Gasteiger partial charge on any atom is 0.166 e. The van der Waals surface area contributed by atoms with Crippen molar-refractivity contribution in [2.45, 2.75) is 13.8 Å². The van der Waals surface area contributed by atoms with Gasteiger partial charge in [0.25, 0.3) is 0 Å². The summed E-state index contributed by atoms with van der Waals surface area (Å²) in [6.07, 6.45) is 0. The van der Waals surface area contributed by atoms with E-state index >= 15 is 0 Å². The summed E-state index contributed by atoms with van der Waals surface area (Å²) in [5, 5.41) is 3.82. The minimum atomic E-state index is 0.120. The summed E-state index contributed by atoms with van der Waals surface area (Å²) in [4.78, 5) is 11.2. The van der Waals surface area contributed by atoms with Crippen LogP contribution in [0.3, 0.4) is 0 Å². The summed E-state index contributed by atoms with van der Waals surface area (Å²) < 4.78 is 0. The van der Waals surface area contributed by atoms with E-state index in [1.807, 2.05) is 30.7 Å². The number of ketones is 1. The summed E-state index contributed by atoms with van der Waals surface area (Å²) in [5.74, 6) is 0.357. The molecule has 2 heteroatoms. The maximum absolute atomic E-state index is 11.2. The number of Topliss-reactive ketones (excluding diaryl/α,β-unsaturated/α-hetero) is 1. The zero-order chi connectivity index (χ0) is 7.56. The fraction of sp³-hybridized carbons (Fsp3) is 0.375. The number of carbonyl (C=O) groups is 1. The van der Waals surface area contributed by atoms with Crippen molar-refractivity contribution in [2.24, 2.45) is 5.92 Å². The Balaban J connectivity index is 2.78. The monoisotopic (exact) mass is 154 g/mol. The van der Waals surface area contributed by atoms with E-state index in [-0.39, 0.29) is 11.7 Å². The molecule has 0 saturated heterocycles. The number of thiophene rings is 1. The highest BCUT2D eigenvalue weighted by atomic mass is 32.1. The maximum atomic E-state index is 11.2. The van der Waals surface area contributed by atoms with Gasteiger partial charge < -0.3 is 0 Å². The van der Waals surface area contributed by atoms with Gasteiger partial charge in [0.15, 0.2) is 5.78 Å². The highest BCUT2D eigenvalue weighted by Crippen LogP contribution is 2.11. The van der Waals surface area contributed by atoms with E-state index < -0.39 is 0 Å². The Morgan fingerprint density at radius 2 is 2.30 bits per heavy atom. The van der Waals surface area contributed by atoms with Crippen molar-refractivity contribution in [1.29, 1.82) is 0 Å². The van der Waals surface area contributed by atoms with Crippen LogP contribution in [-0.4, -0.2) is 5.78 Å². The van der Waals surface area contributed by atoms with Crippen molar-refractivity contribution < 1.29 is 4.79 Å². The summed E-state index contributed by atoms with van der Waals surface area (Å²) in [6, 6.07) is 1.87. The molecule has 1 heterocycles. The van der Waals surface area contributed by atoms with E-state index in [0.717, 1.165) is 5.56 Å². The average molecular weight is 154 g/mol. The highest BCUT2D eigenvalue weighted by Gasteiger charge is 2.09. The Hall–Kier alpha value is -0.630. The Labute approximate surface area is 64.7 Å². The number of hydrogen-bond donors (Lipinski definition) is 0. The Morgan fingerprint density at radius 1 is 1.60 bits per heavy atom. The largest absolute Gasteiger partial charge is 0.294 e. The lowest BCUT2D eigenvalue weighted by atomic mass is 10.0. The molecule has 0 bridgehead atoms. The molecule has 0 fully saturated rings. The van der Waals surface area contributed by atoms with E-state index in [1.54, 1.807) is 11.3 Å². The minimum Gasteiger partial charge on any atom is -0.294 e. The molecule has 1 aromatic rings. The van der Waals surface area contributed by atoms with Gasteiger partial charge in [0.1, 0.15) is 0 Å². The van der Waals surface area contributed by atoms with Gasteiger partial charge in [0.05, 0.1) is 0 Å². The number of rotatable bonds is 2. The van der Waals surface area contributed by atoms with E-state index in [1.165, 1.54) is 0 Å². The standard InChI is InChI=1S/C8H10OS/c1-6(2)8(9)7-3-4-10-5-7/h3-6H,1-2H3. The molecular formula is C8H10OS. The summed E-state index contributed by atoms with van der Waals surface area (Å²) >= 11 is 1.56. The number of hydrogen-bond acceptors (Lipinski definition) is 2. The van der Waals surface area contributed by atoms with Crippen LogP contribution in [-0.2, 0) is 0 Å². The lowest BCUT2D eigenvalue weighted by molar-refractivity contribution is 0.0940. The molecule has 1 aromatic heterocycles. The first-order valence-electron chi connectivity index (χ1n) is 3.28. The van der Waals surface area contributed by atoms with Crippen LogP contribution in [0.1, 0.15) is 24.2 Å². The van der Waals surface area contributed by atoms with Crippen LogP contribution in [0.25, 0.3) is 0 Å². The fourth-order valence-electron chi connectivity index (χ4n) is 0.738. The van der Waals surface area contributed by atoms with Crippen molar-refractivity contribution in [2.75, 3.05) is 0 Å². The van der Waals surface area contributed by atoms with Gasteiger partial charge in [-0.2, -0.15) is 11.3 Å². The second kappa shape index (κ2) is 2.97. The first kappa shape index (κ1) is 7.48. The molecule has 54 valence electrons. The molecule has 0 atom stereocenters. The third kappa shape index (κ3) is 1.45. The summed E-state index contributed by atoms with van der Waals surface area (Å²) in [6.45, 7) is 3.83. The lowest BCUT2D eigenvalue weighted by Crippen LogP contribution is -2.05. The second-order valence-electron chi connectivity index (χ2n) is 2.53. The van der Waals surface area contributed by atoms with E-state index in [0.29, 0.717) is 0 Å². The molecule has 0 saturated carbocycles. The quantitative estimate of drug-likeness (QED) is 0.598. The van der Waals surface area contributed by atoms with Gasteiger partial charge in [0, 0.05) is 16.9 Å². The van der Waals surface area contributed by atoms with Gasteiger partial charge in [-0.25, -0.2) is 0 Å².